The van der Waals surface area contributed by atoms with Crippen LogP contribution in [0.1, 0.15) is 30.1 Å². The lowest BCUT2D eigenvalue weighted by atomic mass is 10.1. The highest BCUT2D eigenvalue weighted by atomic mass is 35.5. The van der Waals surface area contributed by atoms with Gasteiger partial charge in [0.1, 0.15) is 17.4 Å². The molecule has 4 rings (SSSR count). The van der Waals surface area contributed by atoms with Crippen molar-refractivity contribution in [1.82, 2.24) is 20.1 Å². The van der Waals surface area contributed by atoms with Gasteiger partial charge in [0.25, 0.3) is 5.91 Å². The zero-order valence-electron chi connectivity index (χ0n) is 19.9. The molecule has 8 nitrogen and oxygen atoms in total. The first kappa shape index (κ1) is 25.7. The van der Waals surface area contributed by atoms with E-state index in [2.05, 4.69) is 22.1 Å². The highest BCUT2D eigenvalue weighted by Crippen LogP contribution is 2.45. The fourth-order valence-electron chi connectivity index (χ4n) is 3.75. The summed E-state index contributed by atoms with van der Waals surface area (Å²) in [7, 11) is 2.03. The van der Waals surface area contributed by atoms with Gasteiger partial charge in [-0.2, -0.15) is 0 Å². The van der Waals surface area contributed by atoms with Crippen LogP contribution in [0.4, 0.5) is 0 Å². The molecule has 2 aromatic rings. The van der Waals surface area contributed by atoms with Crippen molar-refractivity contribution in [3.63, 3.8) is 0 Å². The van der Waals surface area contributed by atoms with Crippen molar-refractivity contribution in [3.05, 3.63) is 52.1 Å². The minimum atomic E-state index is -0.819. The Balaban J connectivity index is 1.49. The van der Waals surface area contributed by atoms with Gasteiger partial charge in [0, 0.05) is 37.4 Å². The van der Waals surface area contributed by atoms with Crippen LogP contribution in [0.25, 0.3) is 0 Å². The maximum atomic E-state index is 13.3. The summed E-state index contributed by atoms with van der Waals surface area (Å²) in [6.45, 7) is 5.61. The van der Waals surface area contributed by atoms with Gasteiger partial charge in [0.2, 0.25) is 11.8 Å². The number of nitrogens with zero attached hydrogens (tertiary/aromatic N) is 3. The maximum absolute atomic E-state index is 13.3. The third-order valence-electron chi connectivity index (χ3n) is 6.37. The molecule has 1 N–H and O–H groups in total. The SMILES string of the molecule is CN1CCN(C(=O)C(COCC2(C)CC2)NC(=O)c2cccnc2Oc2ccc(Cl)cc2Cl)CC1. The molecule has 188 valence electrons. The molecular formula is C25H30Cl2N4O4. The Kier molecular flexibility index (Phi) is 8.16. The molecule has 2 aliphatic rings. The first-order chi connectivity index (χ1) is 16.7. The fraction of sp³-hybridized carbons (Fsp3) is 0.480. The molecule has 1 saturated heterocycles. The van der Waals surface area contributed by atoms with Crippen LogP contribution in [0, 0.1) is 5.41 Å². The van der Waals surface area contributed by atoms with E-state index in [1.165, 1.54) is 6.20 Å². The Morgan fingerprint density at radius 1 is 1.17 bits per heavy atom. The maximum Gasteiger partial charge on any atom is 0.257 e. The van der Waals surface area contributed by atoms with Crippen LogP contribution in [0.2, 0.25) is 10.0 Å². The molecule has 1 unspecified atom stereocenters. The molecule has 0 spiro atoms. The van der Waals surface area contributed by atoms with Crippen molar-refractivity contribution in [1.29, 1.82) is 0 Å². The highest BCUT2D eigenvalue weighted by Gasteiger charge is 2.38. The number of nitrogens with one attached hydrogen (secondary N) is 1. The number of aromatic nitrogens is 1. The van der Waals surface area contributed by atoms with Crippen molar-refractivity contribution in [2.24, 2.45) is 5.41 Å². The third-order valence-corrected chi connectivity index (χ3v) is 6.90. The van der Waals surface area contributed by atoms with Crippen molar-refractivity contribution in [2.75, 3.05) is 46.4 Å². The number of carbonyl (C=O) groups is 2. The number of hydrogen-bond donors (Lipinski definition) is 1. The molecule has 0 radical (unpaired) electrons. The van der Waals surface area contributed by atoms with E-state index < -0.39 is 11.9 Å². The first-order valence-corrected chi connectivity index (χ1v) is 12.4. The molecule has 1 saturated carbocycles. The van der Waals surface area contributed by atoms with Gasteiger partial charge in [0.05, 0.1) is 18.2 Å². The van der Waals surface area contributed by atoms with Crippen LogP contribution in [-0.2, 0) is 9.53 Å². The van der Waals surface area contributed by atoms with Gasteiger partial charge in [0.15, 0.2) is 0 Å². The number of ether oxygens (including phenoxy) is 2. The Labute approximate surface area is 215 Å². The lowest BCUT2D eigenvalue weighted by molar-refractivity contribution is -0.136. The summed E-state index contributed by atoms with van der Waals surface area (Å²) in [4.78, 5) is 34.8. The van der Waals surface area contributed by atoms with E-state index >= 15 is 0 Å². The summed E-state index contributed by atoms with van der Waals surface area (Å²) in [5.74, 6) is -0.243. The van der Waals surface area contributed by atoms with Gasteiger partial charge in [-0.05, 0) is 55.6 Å². The molecule has 1 atom stereocenters. The average Bonchev–Trinajstić information content (AvgIpc) is 3.57. The van der Waals surface area contributed by atoms with Gasteiger partial charge in [-0.15, -0.1) is 0 Å². The number of pyridine rings is 1. The van der Waals surface area contributed by atoms with Crippen molar-refractivity contribution < 1.29 is 19.1 Å². The van der Waals surface area contributed by atoms with Gasteiger partial charge in [-0.25, -0.2) is 4.98 Å². The second kappa shape index (κ2) is 11.1. The predicted molar refractivity (Wildman–Crippen MR) is 134 cm³/mol. The molecule has 1 aliphatic carbocycles. The molecule has 1 aromatic carbocycles. The molecule has 10 heteroatoms. The topological polar surface area (TPSA) is 84.0 Å². The normalized spacial score (nSPS) is 18.1. The van der Waals surface area contributed by atoms with E-state index in [0.29, 0.717) is 35.5 Å². The summed E-state index contributed by atoms with van der Waals surface area (Å²) >= 11 is 12.2. The van der Waals surface area contributed by atoms with Crippen molar-refractivity contribution >= 4 is 35.0 Å². The van der Waals surface area contributed by atoms with E-state index in [-0.39, 0.29) is 29.4 Å². The minimum absolute atomic E-state index is 0.0754. The second-order valence-electron chi connectivity index (χ2n) is 9.51. The van der Waals surface area contributed by atoms with E-state index in [9.17, 15) is 9.59 Å². The lowest BCUT2D eigenvalue weighted by Gasteiger charge is -2.34. The number of halogens is 2. The zero-order chi connectivity index (χ0) is 25.0. The van der Waals surface area contributed by atoms with E-state index in [0.717, 1.165) is 25.9 Å². The van der Waals surface area contributed by atoms with Crippen LogP contribution in [0.15, 0.2) is 36.5 Å². The summed E-state index contributed by atoms with van der Waals surface area (Å²) in [6, 6.07) is 7.18. The zero-order valence-corrected chi connectivity index (χ0v) is 21.4. The molecule has 35 heavy (non-hydrogen) atoms. The van der Waals surface area contributed by atoms with E-state index in [4.69, 9.17) is 32.7 Å². The van der Waals surface area contributed by atoms with Gasteiger partial charge >= 0.3 is 0 Å². The molecule has 1 aliphatic heterocycles. The molecule has 2 fully saturated rings. The van der Waals surface area contributed by atoms with E-state index in [1.54, 1.807) is 35.2 Å². The number of piperazine rings is 1. The molecule has 1 aromatic heterocycles. The summed E-state index contributed by atoms with van der Waals surface area (Å²) in [5.41, 5.74) is 0.358. The van der Waals surface area contributed by atoms with Gasteiger partial charge in [-0.1, -0.05) is 30.1 Å². The molecule has 0 bridgehead atoms. The first-order valence-electron chi connectivity index (χ1n) is 11.7. The van der Waals surface area contributed by atoms with E-state index in [1.807, 2.05) is 7.05 Å². The third kappa shape index (κ3) is 6.85. The van der Waals surface area contributed by atoms with Crippen LogP contribution >= 0.6 is 23.2 Å². The predicted octanol–water partition coefficient (Wildman–Crippen LogP) is 3.87. The number of benzene rings is 1. The summed E-state index contributed by atoms with van der Waals surface area (Å²) in [5, 5.41) is 3.61. The summed E-state index contributed by atoms with van der Waals surface area (Å²) in [6.07, 6.45) is 3.74. The quantitative estimate of drug-likeness (QED) is 0.540. The number of rotatable bonds is 9. The summed E-state index contributed by atoms with van der Waals surface area (Å²) < 4.78 is 11.7. The van der Waals surface area contributed by atoms with Crippen molar-refractivity contribution in [3.8, 4) is 11.6 Å². The number of amides is 2. The van der Waals surface area contributed by atoms with Crippen molar-refractivity contribution in [2.45, 2.75) is 25.8 Å². The molecule has 2 amide bonds. The lowest BCUT2D eigenvalue weighted by Crippen LogP contribution is -2.55. The largest absolute Gasteiger partial charge is 0.437 e. The standard InChI is InChI=1S/C25H30Cl2N4O4/c1-25(7-8-25)16-34-15-20(24(33)31-12-10-30(2)11-13-31)29-22(32)18-4-3-9-28-23(18)35-21-6-5-17(26)14-19(21)27/h3-6,9,14,20H,7-8,10-13,15-16H2,1-2H3,(H,29,32). The Hall–Kier alpha value is -2.39. The second-order valence-corrected chi connectivity index (χ2v) is 10.4. The number of likely N-dealkylation sites (N-methyl/N-ethyl adjacent to an activating group) is 1. The minimum Gasteiger partial charge on any atom is -0.437 e. The van der Waals surface area contributed by atoms with Crippen LogP contribution in [-0.4, -0.2) is 79.1 Å². The van der Waals surface area contributed by atoms with Gasteiger partial charge in [-0.3, -0.25) is 9.59 Å². The Morgan fingerprint density at radius 2 is 1.91 bits per heavy atom. The Bertz CT molecular complexity index is 1070. The van der Waals surface area contributed by atoms with Crippen LogP contribution in [0.5, 0.6) is 11.6 Å². The molecular weight excluding hydrogens is 491 g/mol. The van der Waals surface area contributed by atoms with Crippen LogP contribution in [0.3, 0.4) is 0 Å². The monoisotopic (exact) mass is 520 g/mol. The Morgan fingerprint density at radius 3 is 2.60 bits per heavy atom. The average molecular weight is 521 g/mol. The molecule has 2 heterocycles. The van der Waals surface area contributed by atoms with Crippen LogP contribution < -0.4 is 10.1 Å². The fourth-order valence-corrected chi connectivity index (χ4v) is 4.19. The van der Waals surface area contributed by atoms with Gasteiger partial charge < -0.3 is 24.6 Å². The highest BCUT2D eigenvalue weighted by molar-refractivity contribution is 6.35. The number of carbonyl (C=O) groups excluding carboxylic acids is 2. The number of hydrogen-bond acceptors (Lipinski definition) is 6. The smallest absolute Gasteiger partial charge is 0.257 e.